The molecule has 1 aliphatic rings. The summed E-state index contributed by atoms with van der Waals surface area (Å²) in [5.41, 5.74) is 0.861. The zero-order valence-corrected chi connectivity index (χ0v) is 18.9. The van der Waals surface area contributed by atoms with E-state index in [2.05, 4.69) is 10.6 Å². The molecule has 0 spiro atoms. The van der Waals surface area contributed by atoms with E-state index in [9.17, 15) is 18.8 Å². The van der Waals surface area contributed by atoms with Gasteiger partial charge in [0.25, 0.3) is 5.91 Å². The van der Waals surface area contributed by atoms with Crippen molar-refractivity contribution in [2.24, 2.45) is 0 Å². The Morgan fingerprint density at radius 1 is 1.12 bits per heavy atom. The SMILES string of the molecule is CCOC(=O)N1CCC(NC(=O)CCCNC(=O)c2ccc(-c3ccc(F)cc3)s2)CC1. The molecule has 0 radical (unpaired) electrons. The van der Waals surface area contributed by atoms with Gasteiger partial charge in [0.2, 0.25) is 5.91 Å². The van der Waals surface area contributed by atoms with Crippen LogP contribution < -0.4 is 10.6 Å². The van der Waals surface area contributed by atoms with Gasteiger partial charge in [0.1, 0.15) is 5.82 Å². The first-order chi connectivity index (χ1) is 15.5. The molecule has 1 aliphatic heterocycles. The topological polar surface area (TPSA) is 87.7 Å². The molecule has 1 aromatic heterocycles. The lowest BCUT2D eigenvalue weighted by Crippen LogP contribution is -2.46. The molecule has 32 heavy (non-hydrogen) atoms. The third kappa shape index (κ3) is 6.78. The Morgan fingerprint density at radius 3 is 2.53 bits per heavy atom. The van der Waals surface area contributed by atoms with E-state index in [0.717, 1.165) is 10.4 Å². The van der Waals surface area contributed by atoms with Crippen molar-refractivity contribution < 1.29 is 23.5 Å². The molecule has 0 atom stereocenters. The van der Waals surface area contributed by atoms with Gasteiger partial charge in [0, 0.05) is 37.0 Å². The molecule has 2 heterocycles. The number of amides is 3. The number of nitrogens with one attached hydrogen (secondary N) is 2. The zero-order chi connectivity index (χ0) is 22.9. The molecule has 0 unspecified atom stereocenters. The summed E-state index contributed by atoms with van der Waals surface area (Å²) in [6.07, 6.45) is 1.97. The van der Waals surface area contributed by atoms with Crippen LogP contribution in [-0.4, -0.2) is 55.1 Å². The third-order valence-corrected chi connectivity index (χ3v) is 6.34. The smallest absolute Gasteiger partial charge is 0.409 e. The highest BCUT2D eigenvalue weighted by atomic mass is 32.1. The van der Waals surface area contributed by atoms with E-state index >= 15 is 0 Å². The van der Waals surface area contributed by atoms with Gasteiger partial charge in [-0.05, 0) is 56.0 Å². The van der Waals surface area contributed by atoms with Crippen LogP contribution >= 0.6 is 11.3 Å². The Labute approximate surface area is 190 Å². The minimum Gasteiger partial charge on any atom is -0.450 e. The Kier molecular flexibility index (Phi) is 8.61. The van der Waals surface area contributed by atoms with Gasteiger partial charge in [-0.3, -0.25) is 9.59 Å². The van der Waals surface area contributed by atoms with E-state index in [0.29, 0.717) is 56.8 Å². The quantitative estimate of drug-likeness (QED) is 0.586. The summed E-state index contributed by atoms with van der Waals surface area (Å²) >= 11 is 1.34. The fourth-order valence-electron chi connectivity index (χ4n) is 3.49. The van der Waals surface area contributed by atoms with Crippen LogP contribution in [0.5, 0.6) is 0 Å². The largest absolute Gasteiger partial charge is 0.450 e. The lowest BCUT2D eigenvalue weighted by molar-refractivity contribution is -0.122. The van der Waals surface area contributed by atoms with Crippen LogP contribution in [0.25, 0.3) is 10.4 Å². The average Bonchev–Trinajstić information content (AvgIpc) is 3.28. The number of carbonyl (C=O) groups is 3. The van der Waals surface area contributed by atoms with Crippen LogP contribution in [0.1, 0.15) is 42.3 Å². The van der Waals surface area contributed by atoms with Crippen molar-refractivity contribution in [3.63, 3.8) is 0 Å². The molecule has 3 amide bonds. The van der Waals surface area contributed by atoms with Crippen molar-refractivity contribution in [3.05, 3.63) is 47.1 Å². The van der Waals surface area contributed by atoms with Crippen LogP contribution in [0.2, 0.25) is 0 Å². The highest BCUT2D eigenvalue weighted by Gasteiger charge is 2.24. The molecule has 172 valence electrons. The predicted octanol–water partition coefficient (Wildman–Crippen LogP) is 3.80. The molecule has 1 saturated heterocycles. The zero-order valence-electron chi connectivity index (χ0n) is 18.1. The maximum Gasteiger partial charge on any atom is 0.409 e. The molecule has 0 aliphatic carbocycles. The third-order valence-electron chi connectivity index (χ3n) is 5.21. The number of rotatable bonds is 8. The lowest BCUT2D eigenvalue weighted by atomic mass is 10.1. The molecule has 0 saturated carbocycles. The Balaban J connectivity index is 1.33. The van der Waals surface area contributed by atoms with Crippen molar-refractivity contribution in [3.8, 4) is 10.4 Å². The Hall–Kier alpha value is -2.94. The van der Waals surface area contributed by atoms with Crippen LogP contribution in [0.15, 0.2) is 36.4 Å². The van der Waals surface area contributed by atoms with Crippen LogP contribution in [0.4, 0.5) is 9.18 Å². The fourth-order valence-corrected chi connectivity index (χ4v) is 4.42. The maximum absolute atomic E-state index is 13.1. The molecule has 2 aromatic rings. The molecule has 1 aromatic carbocycles. The second-order valence-electron chi connectivity index (χ2n) is 7.56. The molecule has 0 bridgehead atoms. The van der Waals surface area contributed by atoms with E-state index < -0.39 is 0 Å². The van der Waals surface area contributed by atoms with Crippen molar-refractivity contribution in [2.75, 3.05) is 26.2 Å². The molecule has 3 rings (SSSR count). The van der Waals surface area contributed by atoms with Crippen molar-refractivity contribution in [2.45, 2.75) is 38.6 Å². The van der Waals surface area contributed by atoms with Gasteiger partial charge in [-0.15, -0.1) is 11.3 Å². The summed E-state index contributed by atoms with van der Waals surface area (Å²) in [5, 5.41) is 5.84. The van der Waals surface area contributed by atoms with Gasteiger partial charge in [-0.25, -0.2) is 9.18 Å². The number of carbonyl (C=O) groups excluding carboxylic acids is 3. The highest BCUT2D eigenvalue weighted by molar-refractivity contribution is 7.17. The molecule has 1 fully saturated rings. The van der Waals surface area contributed by atoms with Crippen LogP contribution in [0.3, 0.4) is 0 Å². The first kappa shape index (κ1) is 23.7. The summed E-state index contributed by atoms with van der Waals surface area (Å²) in [6, 6.07) is 9.79. The number of ether oxygens (including phenoxy) is 1. The predicted molar refractivity (Wildman–Crippen MR) is 121 cm³/mol. The van der Waals surface area contributed by atoms with E-state index in [1.807, 2.05) is 6.07 Å². The number of nitrogens with zero attached hydrogens (tertiary/aromatic N) is 1. The van der Waals surface area contributed by atoms with Gasteiger partial charge in [-0.2, -0.15) is 0 Å². The van der Waals surface area contributed by atoms with E-state index in [1.165, 1.54) is 23.5 Å². The van der Waals surface area contributed by atoms with Gasteiger partial charge in [0.05, 0.1) is 11.5 Å². The summed E-state index contributed by atoms with van der Waals surface area (Å²) in [6.45, 7) is 3.67. The van der Waals surface area contributed by atoms with E-state index in [4.69, 9.17) is 4.74 Å². The van der Waals surface area contributed by atoms with Crippen LogP contribution in [-0.2, 0) is 9.53 Å². The van der Waals surface area contributed by atoms with Crippen LogP contribution in [0, 0.1) is 5.82 Å². The monoisotopic (exact) mass is 461 g/mol. The van der Waals surface area contributed by atoms with Gasteiger partial charge < -0.3 is 20.3 Å². The van der Waals surface area contributed by atoms with E-state index in [1.54, 1.807) is 30.0 Å². The molecule has 2 N–H and O–H groups in total. The Morgan fingerprint density at radius 2 is 1.84 bits per heavy atom. The van der Waals surface area contributed by atoms with Gasteiger partial charge in [-0.1, -0.05) is 12.1 Å². The molecular weight excluding hydrogens is 433 g/mol. The summed E-state index contributed by atoms with van der Waals surface area (Å²) in [5.74, 6) is -0.534. The highest BCUT2D eigenvalue weighted by Crippen LogP contribution is 2.28. The lowest BCUT2D eigenvalue weighted by Gasteiger charge is -2.31. The normalized spacial score (nSPS) is 14.1. The summed E-state index contributed by atoms with van der Waals surface area (Å²) < 4.78 is 18.1. The van der Waals surface area contributed by atoms with Crippen molar-refractivity contribution >= 4 is 29.2 Å². The van der Waals surface area contributed by atoms with Gasteiger partial charge in [0.15, 0.2) is 0 Å². The standard InChI is InChI=1S/C23H28FN3O4S/c1-2-31-23(30)27-14-11-18(12-15-27)26-21(28)4-3-13-25-22(29)20-10-9-19(32-20)16-5-7-17(24)8-6-16/h5-10,18H,2-4,11-15H2,1H3,(H,25,29)(H,26,28). The number of piperidine rings is 1. The Bertz CT molecular complexity index is 924. The minimum absolute atomic E-state index is 0.0523. The van der Waals surface area contributed by atoms with E-state index in [-0.39, 0.29) is 29.8 Å². The van der Waals surface area contributed by atoms with Crippen molar-refractivity contribution in [1.82, 2.24) is 15.5 Å². The first-order valence-corrected chi connectivity index (χ1v) is 11.6. The summed E-state index contributed by atoms with van der Waals surface area (Å²) in [4.78, 5) is 39.3. The maximum atomic E-state index is 13.1. The molecular formula is C23H28FN3O4S. The number of likely N-dealkylation sites (tertiary alicyclic amines) is 1. The summed E-state index contributed by atoms with van der Waals surface area (Å²) in [7, 11) is 0. The second kappa shape index (κ2) is 11.6. The van der Waals surface area contributed by atoms with Crippen molar-refractivity contribution in [1.29, 1.82) is 0 Å². The number of hydrogen-bond acceptors (Lipinski definition) is 5. The fraction of sp³-hybridized carbons (Fsp3) is 0.435. The number of thiophene rings is 1. The average molecular weight is 462 g/mol. The first-order valence-electron chi connectivity index (χ1n) is 10.8. The number of halogens is 1. The number of benzene rings is 1. The van der Waals surface area contributed by atoms with Gasteiger partial charge >= 0.3 is 6.09 Å². The number of hydrogen-bond donors (Lipinski definition) is 2. The molecule has 9 heteroatoms. The minimum atomic E-state index is -0.302. The molecule has 7 nitrogen and oxygen atoms in total. The second-order valence-corrected chi connectivity index (χ2v) is 8.64.